The molecule has 23 heavy (non-hydrogen) atoms. The van der Waals surface area contributed by atoms with Crippen molar-refractivity contribution in [1.82, 2.24) is 4.98 Å². The van der Waals surface area contributed by atoms with Crippen molar-refractivity contribution < 1.29 is 9.66 Å². The number of anilines is 1. The van der Waals surface area contributed by atoms with Gasteiger partial charge >= 0.3 is 0 Å². The third-order valence-corrected chi connectivity index (χ3v) is 3.76. The van der Waals surface area contributed by atoms with E-state index >= 15 is 0 Å². The zero-order chi connectivity index (χ0) is 16.2. The maximum Gasteiger partial charge on any atom is 0.287 e. The van der Waals surface area contributed by atoms with Crippen molar-refractivity contribution in [2.24, 2.45) is 0 Å². The summed E-state index contributed by atoms with van der Waals surface area (Å²) in [6.07, 6.45) is 4.24. The molecule has 2 heterocycles. The van der Waals surface area contributed by atoms with Crippen LogP contribution >= 0.6 is 0 Å². The predicted octanol–water partition coefficient (Wildman–Crippen LogP) is 2.52. The molecule has 0 unspecified atom stereocenters. The van der Waals surface area contributed by atoms with Crippen LogP contribution in [0.25, 0.3) is 0 Å². The minimum atomic E-state index is -0.540. The number of aromatic nitrogens is 1. The molecule has 1 aliphatic rings. The van der Waals surface area contributed by atoms with Gasteiger partial charge in [0, 0.05) is 37.1 Å². The van der Waals surface area contributed by atoms with E-state index in [1.165, 1.54) is 6.07 Å². The van der Waals surface area contributed by atoms with E-state index < -0.39 is 4.92 Å². The molecule has 116 valence electrons. The van der Waals surface area contributed by atoms with Gasteiger partial charge in [0.05, 0.1) is 11.5 Å². The lowest BCUT2D eigenvalue weighted by Crippen LogP contribution is -2.24. The van der Waals surface area contributed by atoms with Gasteiger partial charge in [-0.1, -0.05) is 0 Å². The fourth-order valence-electron chi connectivity index (χ4n) is 2.64. The molecule has 7 heteroatoms. The van der Waals surface area contributed by atoms with Gasteiger partial charge in [-0.2, -0.15) is 5.26 Å². The van der Waals surface area contributed by atoms with Crippen LogP contribution in [0, 0.1) is 21.4 Å². The summed E-state index contributed by atoms with van der Waals surface area (Å²) in [5, 5.41) is 20.0. The molecule has 1 aromatic heterocycles. The molecule has 2 aromatic rings. The van der Waals surface area contributed by atoms with E-state index in [0.29, 0.717) is 6.54 Å². The number of hydrogen-bond donors (Lipinski definition) is 0. The second-order valence-corrected chi connectivity index (χ2v) is 5.23. The third kappa shape index (κ3) is 3.21. The fourth-order valence-corrected chi connectivity index (χ4v) is 2.64. The number of hydrogen-bond acceptors (Lipinski definition) is 6. The normalized spacial score (nSPS) is 16.8. The summed E-state index contributed by atoms with van der Waals surface area (Å²) >= 11 is 0. The first-order valence-electron chi connectivity index (χ1n) is 7.17. The molecule has 0 aliphatic carbocycles. The van der Waals surface area contributed by atoms with Gasteiger partial charge < -0.3 is 9.64 Å². The molecule has 1 aromatic carbocycles. The Hall–Kier alpha value is -3.14. The van der Waals surface area contributed by atoms with E-state index in [1.807, 2.05) is 18.2 Å². The molecule has 3 rings (SSSR count). The molecule has 0 saturated carbocycles. The van der Waals surface area contributed by atoms with E-state index in [9.17, 15) is 10.1 Å². The van der Waals surface area contributed by atoms with Gasteiger partial charge in [0.15, 0.2) is 0 Å². The number of nitro benzene ring substituents is 1. The zero-order valence-electron chi connectivity index (χ0n) is 12.3. The molecule has 0 radical (unpaired) electrons. The number of nitriles is 1. The average molecular weight is 310 g/mol. The van der Waals surface area contributed by atoms with Crippen molar-refractivity contribution >= 4 is 11.4 Å². The molecular formula is C16H14N4O3. The first-order chi connectivity index (χ1) is 11.2. The molecule has 1 fully saturated rings. The first-order valence-corrected chi connectivity index (χ1v) is 7.17. The topological polar surface area (TPSA) is 92.3 Å². The van der Waals surface area contributed by atoms with Gasteiger partial charge in [0.1, 0.15) is 23.5 Å². The zero-order valence-corrected chi connectivity index (χ0v) is 12.3. The van der Waals surface area contributed by atoms with Crippen LogP contribution in [0.5, 0.6) is 5.75 Å². The maximum absolute atomic E-state index is 10.9. The summed E-state index contributed by atoms with van der Waals surface area (Å²) in [7, 11) is 0. The van der Waals surface area contributed by atoms with Crippen molar-refractivity contribution in [3.05, 3.63) is 58.4 Å². The van der Waals surface area contributed by atoms with Crippen LogP contribution in [0.3, 0.4) is 0 Å². The number of benzene rings is 1. The monoisotopic (exact) mass is 310 g/mol. The van der Waals surface area contributed by atoms with E-state index in [2.05, 4.69) is 9.88 Å². The van der Waals surface area contributed by atoms with E-state index in [0.717, 1.165) is 24.4 Å². The minimum absolute atomic E-state index is 0.0399. The summed E-state index contributed by atoms with van der Waals surface area (Å²) < 4.78 is 5.89. The largest absolute Gasteiger partial charge is 0.488 e. The Morgan fingerprint density at radius 3 is 2.83 bits per heavy atom. The van der Waals surface area contributed by atoms with Crippen molar-refractivity contribution in [3.63, 3.8) is 0 Å². The van der Waals surface area contributed by atoms with Gasteiger partial charge in [-0.3, -0.25) is 15.1 Å². The molecule has 0 spiro atoms. The standard InChI is InChI=1S/C16H14N4O3/c17-10-12-9-13(1-2-16(12)20(21)22)19-8-5-15(11-19)23-14-3-6-18-7-4-14/h1-4,6-7,9,15H,5,8,11H2/t15-/m1/s1. The summed E-state index contributed by atoms with van der Waals surface area (Å²) in [5.74, 6) is 0.772. The van der Waals surface area contributed by atoms with Gasteiger partial charge in [0.25, 0.3) is 5.69 Å². The Bertz CT molecular complexity index is 758. The molecule has 7 nitrogen and oxygen atoms in total. The number of nitro groups is 1. The molecular weight excluding hydrogens is 296 g/mol. The summed E-state index contributed by atoms with van der Waals surface area (Å²) in [4.78, 5) is 16.4. The second-order valence-electron chi connectivity index (χ2n) is 5.23. The van der Waals surface area contributed by atoms with Crippen LogP contribution in [-0.4, -0.2) is 29.1 Å². The Balaban J connectivity index is 1.72. The minimum Gasteiger partial charge on any atom is -0.488 e. The Labute approximate surface area is 132 Å². The molecule has 0 amide bonds. The number of nitrogens with zero attached hydrogens (tertiary/aromatic N) is 4. The van der Waals surface area contributed by atoms with Gasteiger partial charge in [0.2, 0.25) is 0 Å². The van der Waals surface area contributed by atoms with Crippen molar-refractivity contribution in [3.8, 4) is 11.8 Å². The molecule has 1 saturated heterocycles. The van der Waals surface area contributed by atoms with Crippen LogP contribution in [-0.2, 0) is 0 Å². The average Bonchev–Trinajstić information content (AvgIpc) is 3.03. The van der Waals surface area contributed by atoms with Crippen molar-refractivity contribution in [2.45, 2.75) is 12.5 Å². The third-order valence-electron chi connectivity index (χ3n) is 3.76. The number of rotatable bonds is 4. The number of ether oxygens (including phenoxy) is 1. The maximum atomic E-state index is 10.9. The summed E-state index contributed by atoms with van der Waals surface area (Å²) in [6, 6.07) is 10.1. The van der Waals surface area contributed by atoms with Crippen LogP contribution in [0.4, 0.5) is 11.4 Å². The van der Waals surface area contributed by atoms with E-state index in [1.54, 1.807) is 24.5 Å². The van der Waals surface area contributed by atoms with E-state index in [-0.39, 0.29) is 17.4 Å². The molecule has 0 bridgehead atoms. The molecule has 1 atom stereocenters. The van der Waals surface area contributed by atoms with Crippen LogP contribution in [0.2, 0.25) is 0 Å². The quantitative estimate of drug-likeness (QED) is 0.636. The van der Waals surface area contributed by atoms with E-state index in [4.69, 9.17) is 10.00 Å². The predicted molar refractivity (Wildman–Crippen MR) is 83.3 cm³/mol. The molecule has 1 aliphatic heterocycles. The van der Waals surface area contributed by atoms with Crippen molar-refractivity contribution in [2.75, 3.05) is 18.0 Å². The first kappa shape index (κ1) is 14.8. The van der Waals surface area contributed by atoms with Gasteiger partial charge in [-0.15, -0.1) is 0 Å². The fraction of sp³-hybridized carbons (Fsp3) is 0.250. The highest BCUT2D eigenvalue weighted by Gasteiger charge is 2.25. The van der Waals surface area contributed by atoms with Crippen LogP contribution in [0.1, 0.15) is 12.0 Å². The Morgan fingerprint density at radius 1 is 1.35 bits per heavy atom. The lowest BCUT2D eigenvalue weighted by molar-refractivity contribution is -0.385. The van der Waals surface area contributed by atoms with Crippen LogP contribution < -0.4 is 9.64 Å². The highest BCUT2D eigenvalue weighted by atomic mass is 16.6. The highest BCUT2D eigenvalue weighted by molar-refractivity contribution is 5.60. The molecule has 0 N–H and O–H groups in total. The highest BCUT2D eigenvalue weighted by Crippen LogP contribution is 2.28. The van der Waals surface area contributed by atoms with Crippen molar-refractivity contribution in [1.29, 1.82) is 5.26 Å². The number of pyridine rings is 1. The lowest BCUT2D eigenvalue weighted by atomic mass is 10.1. The summed E-state index contributed by atoms with van der Waals surface area (Å²) in [6.45, 7) is 1.45. The summed E-state index contributed by atoms with van der Waals surface area (Å²) in [5.41, 5.74) is 0.707. The smallest absolute Gasteiger partial charge is 0.287 e. The second kappa shape index (κ2) is 6.32. The van der Waals surface area contributed by atoms with Gasteiger partial charge in [-0.25, -0.2) is 0 Å². The Morgan fingerprint density at radius 2 is 2.13 bits per heavy atom. The van der Waals surface area contributed by atoms with Gasteiger partial charge in [-0.05, 0) is 24.3 Å². The SMILES string of the molecule is N#Cc1cc(N2CC[C@@H](Oc3ccncc3)C2)ccc1[N+](=O)[O-]. The van der Waals surface area contributed by atoms with Crippen LogP contribution in [0.15, 0.2) is 42.7 Å². The Kier molecular flexibility index (Phi) is 4.06. The lowest BCUT2D eigenvalue weighted by Gasteiger charge is -2.19.